The fourth-order valence-electron chi connectivity index (χ4n) is 4.15. The van der Waals surface area contributed by atoms with E-state index in [-0.39, 0.29) is 29.3 Å². The highest BCUT2D eigenvalue weighted by Crippen LogP contribution is 2.51. The maximum Gasteiger partial charge on any atom is 0.352 e. The predicted molar refractivity (Wildman–Crippen MR) is 102 cm³/mol. The minimum atomic E-state index is -1.16. The van der Waals surface area contributed by atoms with Gasteiger partial charge < -0.3 is 15.1 Å². The predicted octanol–water partition coefficient (Wildman–Crippen LogP) is 1.65. The van der Waals surface area contributed by atoms with Crippen molar-refractivity contribution in [3.05, 3.63) is 34.9 Å². The van der Waals surface area contributed by atoms with Crippen LogP contribution < -0.4 is 0 Å². The van der Waals surface area contributed by atoms with Gasteiger partial charge in [0.1, 0.15) is 16.9 Å². The smallest absolute Gasteiger partial charge is 0.352 e. The molecule has 146 valence electrons. The molecule has 4 rings (SSSR count). The molecule has 8 nitrogen and oxygen atoms in total. The van der Waals surface area contributed by atoms with Gasteiger partial charge in [0.05, 0.1) is 28.6 Å². The lowest BCUT2D eigenvalue weighted by molar-refractivity contribution is -0.163. The number of carboxylic acids is 1. The Morgan fingerprint density at radius 3 is 2.71 bits per heavy atom. The van der Waals surface area contributed by atoms with E-state index < -0.39 is 18.0 Å². The topological polar surface area (TPSA) is 112 Å². The molecule has 4 atom stereocenters. The summed E-state index contributed by atoms with van der Waals surface area (Å²) in [6.45, 7) is 4.89. The van der Waals surface area contributed by atoms with Gasteiger partial charge in [-0.25, -0.2) is 9.78 Å². The van der Waals surface area contributed by atoms with Crippen molar-refractivity contribution in [1.29, 1.82) is 0 Å². The van der Waals surface area contributed by atoms with Crippen LogP contribution in [0.5, 0.6) is 0 Å². The molecule has 0 aliphatic carbocycles. The highest BCUT2D eigenvalue weighted by molar-refractivity contribution is 7.18. The minimum absolute atomic E-state index is 0.0160. The molecule has 2 aromatic heterocycles. The van der Waals surface area contributed by atoms with Gasteiger partial charge in [-0.2, -0.15) is 0 Å². The number of fused-ring (bicyclic) bond motifs is 2. The maximum absolute atomic E-state index is 12.5. The molecule has 1 saturated heterocycles. The maximum atomic E-state index is 12.5. The third-order valence-electron chi connectivity index (χ3n) is 5.35. The van der Waals surface area contributed by atoms with Gasteiger partial charge in [-0.15, -0.1) is 11.3 Å². The molecule has 2 aromatic rings. The Balaban J connectivity index is 1.81. The van der Waals surface area contributed by atoms with Crippen LogP contribution in [0.4, 0.5) is 0 Å². The van der Waals surface area contributed by atoms with Gasteiger partial charge in [0, 0.05) is 17.7 Å². The van der Waals surface area contributed by atoms with Gasteiger partial charge in [-0.05, 0) is 26.0 Å². The Morgan fingerprint density at radius 2 is 2.11 bits per heavy atom. The molecular formula is C19H19N3O5S. The first kappa shape index (κ1) is 18.6. The Bertz CT molecular complexity index is 1080. The van der Waals surface area contributed by atoms with E-state index in [0.717, 1.165) is 9.71 Å². The summed E-state index contributed by atoms with van der Waals surface area (Å²) in [5.74, 6) is -2.42. The molecule has 0 radical (unpaired) electrons. The van der Waals surface area contributed by atoms with Crippen LogP contribution in [-0.2, 0) is 14.4 Å². The van der Waals surface area contributed by atoms with E-state index in [2.05, 4.69) is 4.98 Å². The first-order chi connectivity index (χ1) is 13.2. The number of ketones is 1. The van der Waals surface area contributed by atoms with E-state index in [1.807, 2.05) is 6.92 Å². The zero-order valence-electron chi connectivity index (χ0n) is 15.5. The summed E-state index contributed by atoms with van der Waals surface area (Å²) in [4.78, 5) is 42.7. The van der Waals surface area contributed by atoms with Gasteiger partial charge in [0.2, 0.25) is 5.91 Å². The van der Waals surface area contributed by atoms with Crippen molar-refractivity contribution in [3.8, 4) is 0 Å². The average molecular weight is 401 g/mol. The standard InChI is InChI=1S/C19H19N3O5S/c1-8(23)4-5-11-18-21(7-20-11)6-12(28-18)13-9(2)15-14(10(3)24)17(25)22(15)16(13)19(26)27/h4-7,9-10,14-15,24H,1-3H3,(H,26,27)/b5-4+/t9-,10+,14+,15+/m0/s1. The first-order valence-corrected chi connectivity index (χ1v) is 9.68. The van der Waals surface area contributed by atoms with Gasteiger partial charge in [-0.3, -0.25) is 14.0 Å². The second-order valence-corrected chi connectivity index (χ2v) is 8.23. The molecule has 1 amide bonds. The van der Waals surface area contributed by atoms with Gasteiger partial charge in [-0.1, -0.05) is 6.92 Å². The highest BCUT2D eigenvalue weighted by atomic mass is 32.1. The number of carboxylic acid groups (broad SMARTS) is 1. The number of carbonyl (C=O) groups is 3. The van der Waals surface area contributed by atoms with Crippen molar-refractivity contribution in [3.63, 3.8) is 0 Å². The zero-order valence-corrected chi connectivity index (χ0v) is 16.3. The molecule has 0 aromatic carbocycles. The van der Waals surface area contributed by atoms with Gasteiger partial charge in [0.15, 0.2) is 5.78 Å². The van der Waals surface area contributed by atoms with Crippen molar-refractivity contribution in [2.24, 2.45) is 11.8 Å². The number of amides is 1. The lowest BCUT2D eigenvalue weighted by Gasteiger charge is -2.46. The number of hydrogen-bond donors (Lipinski definition) is 2. The first-order valence-electron chi connectivity index (χ1n) is 8.86. The Labute approximate surface area is 164 Å². The van der Waals surface area contributed by atoms with E-state index in [4.69, 9.17) is 0 Å². The van der Waals surface area contributed by atoms with Crippen LogP contribution in [0.2, 0.25) is 0 Å². The fraction of sp³-hybridized carbons (Fsp3) is 0.368. The summed E-state index contributed by atoms with van der Waals surface area (Å²) in [6.07, 6.45) is 5.62. The molecule has 0 spiro atoms. The van der Waals surface area contributed by atoms with Crippen molar-refractivity contribution in [2.45, 2.75) is 32.9 Å². The number of β-lactam (4-membered cyclic amide) rings is 1. The normalized spacial score (nSPS) is 25.5. The third kappa shape index (κ3) is 2.54. The van der Waals surface area contributed by atoms with Gasteiger partial charge >= 0.3 is 5.97 Å². The summed E-state index contributed by atoms with van der Waals surface area (Å²) in [5.41, 5.74) is 1.19. The SMILES string of the molecule is CC(=O)/C=C/c1ncn2cc(C3=C(C(=O)O)N4C(=O)[C@H]([C@@H](C)O)[C@H]4[C@H]3C)sc12. The van der Waals surface area contributed by atoms with Crippen LogP contribution >= 0.6 is 11.3 Å². The molecule has 2 aliphatic rings. The second kappa shape index (κ2) is 6.39. The molecule has 0 bridgehead atoms. The quantitative estimate of drug-likeness (QED) is 0.582. The molecule has 2 N–H and O–H groups in total. The lowest BCUT2D eigenvalue weighted by atomic mass is 9.77. The summed E-state index contributed by atoms with van der Waals surface area (Å²) >= 11 is 1.36. The number of imidazole rings is 1. The van der Waals surface area contributed by atoms with E-state index in [9.17, 15) is 24.6 Å². The van der Waals surface area contributed by atoms with Crippen LogP contribution in [-0.4, -0.2) is 54.3 Å². The number of carbonyl (C=O) groups excluding carboxylic acids is 2. The molecule has 9 heteroatoms. The van der Waals surface area contributed by atoms with Gasteiger partial charge in [0.25, 0.3) is 0 Å². The number of aliphatic carboxylic acids is 1. The molecule has 4 heterocycles. The lowest BCUT2D eigenvalue weighted by Crippen LogP contribution is -2.63. The number of thiazole rings is 1. The third-order valence-corrected chi connectivity index (χ3v) is 6.51. The zero-order chi connectivity index (χ0) is 20.3. The Hall–Kier alpha value is -2.78. The second-order valence-electron chi connectivity index (χ2n) is 7.20. The fourth-order valence-corrected chi connectivity index (χ4v) is 5.34. The van der Waals surface area contributed by atoms with E-state index >= 15 is 0 Å². The number of rotatable bonds is 5. The molecule has 0 unspecified atom stereocenters. The number of nitrogens with zero attached hydrogens (tertiary/aromatic N) is 3. The van der Waals surface area contributed by atoms with Crippen LogP contribution in [0, 0.1) is 11.8 Å². The van der Waals surface area contributed by atoms with Crippen LogP contribution in [0.15, 0.2) is 24.3 Å². The molecule has 2 aliphatic heterocycles. The van der Waals surface area contributed by atoms with Crippen molar-refractivity contribution >= 4 is 45.5 Å². The summed E-state index contributed by atoms with van der Waals surface area (Å²) < 4.78 is 1.78. The van der Waals surface area contributed by atoms with E-state index in [1.54, 1.807) is 29.9 Å². The summed E-state index contributed by atoms with van der Waals surface area (Å²) in [5, 5.41) is 19.7. The number of allylic oxidation sites excluding steroid dienone is 1. The molecule has 28 heavy (non-hydrogen) atoms. The number of aliphatic hydroxyl groups is 1. The largest absolute Gasteiger partial charge is 0.477 e. The number of aromatic nitrogens is 2. The number of aliphatic hydroxyl groups excluding tert-OH is 1. The molecule has 0 saturated carbocycles. The van der Waals surface area contributed by atoms with Crippen LogP contribution in [0.25, 0.3) is 16.5 Å². The van der Waals surface area contributed by atoms with Crippen LogP contribution in [0.1, 0.15) is 31.3 Å². The van der Waals surface area contributed by atoms with E-state index in [0.29, 0.717) is 11.3 Å². The molecular weight excluding hydrogens is 382 g/mol. The Morgan fingerprint density at radius 1 is 1.39 bits per heavy atom. The Kier molecular flexibility index (Phi) is 4.24. The van der Waals surface area contributed by atoms with Crippen molar-refractivity contribution < 1.29 is 24.6 Å². The van der Waals surface area contributed by atoms with E-state index in [1.165, 1.54) is 29.2 Å². The minimum Gasteiger partial charge on any atom is -0.477 e. The summed E-state index contributed by atoms with van der Waals surface area (Å²) in [6, 6.07) is -0.356. The number of hydrogen-bond acceptors (Lipinski definition) is 6. The summed E-state index contributed by atoms with van der Waals surface area (Å²) in [7, 11) is 0. The van der Waals surface area contributed by atoms with Crippen LogP contribution in [0.3, 0.4) is 0 Å². The van der Waals surface area contributed by atoms with Crippen molar-refractivity contribution in [1.82, 2.24) is 14.3 Å². The monoisotopic (exact) mass is 401 g/mol. The average Bonchev–Trinajstić information content (AvgIpc) is 3.22. The highest BCUT2D eigenvalue weighted by Gasteiger charge is 2.60. The molecule has 1 fully saturated rings. The van der Waals surface area contributed by atoms with Crippen molar-refractivity contribution in [2.75, 3.05) is 0 Å².